The van der Waals surface area contributed by atoms with Crippen molar-refractivity contribution in [3.63, 3.8) is 0 Å². The number of benzene rings is 3. The number of hydrogen-bond acceptors (Lipinski definition) is 3. The Kier molecular flexibility index (Phi) is 4.88. The van der Waals surface area contributed by atoms with Crippen molar-refractivity contribution in [2.75, 3.05) is 6.54 Å². The molecule has 0 bridgehead atoms. The average molecular weight is 471 g/mol. The van der Waals surface area contributed by atoms with Gasteiger partial charge in [0.05, 0.1) is 16.2 Å². The Balaban J connectivity index is 1.59. The normalized spacial score (nSPS) is 22.4. The lowest BCUT2D eigenvalue weighted by atomic mass is 9.80. The van der Waals surface area contributed by atoms with Gasteiger partial charge in [-0.15, -0.1) is 0 Å². The highest BCUT2D eigenvalue weighted by Gasteiger charge is 2.52. The highest BCUT2D eigenvalue weighted by atomic mass is 32.2. The number of aromatic amines is 1. The number of piperidine rings is 1. The Morgan fingerprint density at radius 1 is 0.912 bits per heavy atom. The van der Waals surface area contributed by atoms with Crippen LogP contribution in [0.1, 0.15) is 40.8 Å². The van der Waals surface area contributed by atoms with Crippen LogP contribution in [0.25, 0.3) is 10.9 Å². The third-order valence-electron chi connectivity index (χ3n) is 7.44. The second-order valence-corrected chi connectivity index (χ2v) is 11.5. The third-order valence-corrected chi connectivity index (χ3v) is 9.67. The lowest BCUT2D eigenvalue weighted by Gasteiger charge is -2.47. The Bertz CT molecular complexity index is 1490. The molecule has 0 unspecified atom stereocenters. The van der Waals surface area contributed by atoms with Crippen LogP contribution in [0.15, 0.2) is 83.8 Å². The highest BCUT2D eigenvalue weighted by molar-refractivity contribution is 7.92. The van der Waals surface area contributed by atoms with Gasteiger partial charge in [-0.3, -0.25) is 4.79 Å². The van der Waals surface area contributed by atoms with Gasteiger partial charge in [0.25, 0.3) is 0 Å². The summed E-state index contributed by atoms with van der Waals surface area (Å²) in [7, 11) is -3.76. The molecule has 172 valence electrons. The number of sulfone groups is 1. The Labute approximate surface area is 199 Å². The van der Waals surface area contributed by atoms with Crippen molar-refractivity contribution >= 4 is 26.6 Å². The maximum absolute atomic E-state index is 14.3. The molecule has 0 radical (unpaired) electrons. The van der Waals surface area contributed by atoms with Gasteiger partial charge in [-0.25, -0.2) is 8.42 Å². The molecule has 4 aromatic rings. The van der Waals surface area contributed by atoms with E-state index >= 15 is 0 Å². The van der Waals surface area contributed by atoms with E-state index in [1.54, 1.807) is 17.0 Å². The molecule has 0 saturated carbocycles. The van der Waals surface area contributed by atoms with E-state index in [2.05, 4.69) is 11.1 Å². The van der Waals surface area contributed by atoms with E-state index in [0.29, 0.717) is 11.4 Å². The van der Waals surface area contributed by atoms with E-state index in [1.165, 1.54) is 0 Å². The first-order valence-electron chi connectivity index (χ1n) is 11.7. The monoisotopic (exact) mass is 470 g/mol. The van der Waals surface area contributed by atoms with Gasteiger partial charge in [0, 0.05) is 35.5 Å². The fourth-order valence-corrected chi connectivity index (χ4v) is 7.95. The fourth-order valence-electron chi connectivity index (χ4n) is 5.81. The number of aryl methyl sites for hydroxylation is 1. The second kappa shape index (κ2) is 7.84. The number of H-pyrrole nitrogens is 1. The summed E-state index contributed by atoms with van der Waals surface area (Å²) < 4.78 is 28.6. The average Bonchev–Trinajstić information content (AvgIpc) is 3.24. The van der Waals surface area contributed by atoms with E-state index in [0.717, 1.165) is 39.7 Å². The standard InChI is InChI=1S/C28H26N2O3S/c1-18-11-13-20(14-12-18)34(32,33)28-23(19-7-3-2-4-8-19)17-25(31)30-16-15-22-21-9-5-6-10-24(21)29-26(22)27(28)30/h2-14,23,27-29H,15-17H2,1H3/t23-,27+,28-/m1/s1. The van der Waals surface area contributed by atoms with Gasteiger partial charge in [-0.2, -0.15) is 0 Å². The first-order chi connectivity index (χ1) is 16.4. The maximum atomic E-state index is 14.3. The van der Waals surface area contributed by atoms with Crippen molar-refractivity contribution in [1.82, 2.24) is 9.88 Å². The maximum Gasteiger partial charge on any atom is 0.223 e. The van der Waals surface area contributed by atoms with E-state index in [-0.39, 0.29) is 12.3 Å². The molecule has 1 aromatic heterocycles. The summed E-state index contributed by atoms with van der Waals surface area (Å²) in [4.78, 5) is 19.0. The van der Waals surface area contributed by atoms with Gasteiger partial charge in [0.1, 0.15) is 0 Å². The number of rotatable bonds is 3. The topological polar surface area (TPSA) is 70.2 Å². The van der Waals surface area contributed by atoms with Crippen molar-refractivity contribution in [2.24, 2.45) is 0 Å². The smallest absolute Gasteiger partial charge is 0.223 e. The number of fused-ring (bicyclic) bond motifs is 5. The van der Waals surface area contributed by atoms with Crippen LogP contribution in [0.4, 0.5) is 0 Å². The molecule has 3 aromatic carbocycles. The third kappa shape index (κ3) is 3.20. The summed E-state index contributed by atoms with van der Waals surface area (Å²) in [5, 5.41) is 0.320. The van der Waals surface area contributed by atoms with Crippen LogP contribution in [-0.2, 0) is 21.1 Å². The first kappa shape index (κ1) is 21.2. The van der Waals surface area contributed by atoms with Gasteiger partial charge in [0.15, 0.2) is 9.84 Å². The molecular formula is C28H26N2O3S. The zero-order chi connectivity index (χ0) is 23.4. The summed E-state index contributed by atoms with van der Waals surface area (Å²) >= 11 is 0. The number of carbonyl (C=O) groups is 1. The number of amides is 1. The van der Waals surface area contributed by atoms with Gasteiger partial charge < -0.3 is 9.88 Å². The quantitative estimate of drug-likeness (QED) is 0.461. The molecule has 1 saturated heterocycles. The van der Waals surface area contributed by atoms with Crippen molar-refractivity contribution in [1.29, 1.82) is 0 Å². The molecule has 3 heterocycles. The van der Waals surface area contributed by atoms with Crippen LogP contribution < -0.4 is 0 Å². The number of para-hydroxylation sites is 1. The van der Waals surface area contributed by atoms with Crippen LogP contribution in [0.5, 0.6) is 0 Å². The highest BCUT2D eigenvalue weighted by Crippen LogP contribution is 2.49. The Morgan fingerprint density at radius 2 is 1.62 bits per heavy atom. The summed E-state index contributed by atoms with van der Waals surface area (Å²) in [5.41, 5.74) is 4.87. The summed E-state index contributed by atoms with van der Waals surface area (Å²) in [6, 6.07) is 24.2. The van der Waals surface area contributed by atoms with Crippen LogP contribution in [0.3, 0.4) is 0 Å². The lowest BCUT2D eigenvalue weighted by Crippen LogP contribution is -2.54. The van der Waals surface area contributed by atoms with Crippen LogP contribution in [-0.4, -0.2) is 36.0 Å². The SMILES string of the molecule is Cc1ccc(S(=O)(=O)[C@@H]2[C@@H](c3ccccc3)CC(=O)N3CCc4c([nH]c5ccccc45)[C@@H]23)cc1. The van der Waals surface area contributed by atoms with Gasteiger partial charge in [-0.05, 0) is 42.7 Å². The van der Waals surface area contributed by atoms with Crippen molar-refractivity contribution in [3.05, 3.63) is 101 Å². The zero-order valence-corrected chi connectivity index (χ0v) is 19.8. The molecule has 2 aliphatic heterocycles. The van der Waals surface area contributed by atoms with Crippen molar-refractivity contribution in [3.8, 4) is 0 Å². The number of aromatic nitrogens is 1. The molecule has 6 rings (SSSR count). The van der Waals surface area contributed by atoms with E-state index in [1.807, 2.05) is 67.6 Å². The first-order valence-corrected chi connectivity index (χ1v) is 13.2. The van der Waals surface area contributed by atoms with E-state index in [9.17, 15) is 13.2 Å². The number of carbonyl (C=O) groups excluding carboxylic acids is 1. The minimum atomic E-state index is -3.76. The van der Waals surface area contributed by atoms with Gasteiger partial charge >= 0.3 is 0 Å². The zero-order valence-electron chi connectivity index (χ0n) is 18.9. The van der Waals surface area contributed by atoms with Crippen molar-refractivity contribution in [2.45, 2.75) is 41.9 Å². The molecular weight excluding hydrogens is 444 g/mol. The minimum Gasteiger partial charge on any atom is -0.356 e. The second-order valence-electron chi connectivity index (χ2n) is 9.39. The molecule has 34 heavy (non-hydrogen) atoms. The number of hydrogen-bond donors (Lipinski definition) is 1. The summed E-state index contributed by atoms with van der Waals surface area (Å²) in [6.07, 6.45) is 0.903. The predicted octanol–water partition coefficient (Wildman–Crippen LogP) is 4.93. The predicted molar refractivity (Wildman–Crippen MR) is 132 cm³/mol. The van der Waals surface area contributed by atoms with E-state index in [4.69, 9.17) is 0 Å². The molecule has 1 fully saturated rings. The molecule has 6 heteroatoms. The molecule has 0 spiro atoms. The Hall–Kier alpha value is -3.38. The Morgan fingerprint density at radius 3 is 2.38 bits per heavy atom. The van der Waals surface area contributed by atoms with Crippen LogP contribution in [0, 0.1) is 6.92 Å². The molecule has 3 atom stereocenters. The fraction of sp³-hybridized carbons (Fsp3) is 0.250. The van der Waals surface area contributed by atoms with Crippen LogP contribution in [0.2, 0.25) is 0 Å². The minimum absolute atomic E-state index is 0.0125. The molecule has 0 aliphatic carbocycles. The number of nitrogens with one attached hydrogen (secondary N) is 1. The number of nitrogens with zero attached hydrogens (tertiary/aromatic N) is 1. The molecule has 1 N–H and O–H groups in total. The van der Waals surface area contributed by atoms with Gasteiger partial charge in [0.2, 0.25) is 5.91 Å². The van der Waals surface area contributed by atoms with Crippen LogP contribution >= 0.6 is 0 Å². The van der Waals surface area contributed by atoms with Gasteiger partial charge in [-0.1, -0.05) is 66.2 Å². The largest absolute Gasteiger partial charge is 0.356 e. The lowest BCUT2D eigenvalue weighted by molar-refractivity contribution is -0.137. The van der Waals surface area contributed by atoms with Crippen molar-refractivity contribution < 1.29 is 13.2 Å². The summed E-state index contributed by atoms with van der Waals surface area (Å²) in [5.74, 6) is -0.419. The molecule has 2 aliphatic rings. The van der Waals surface area contributed by atoms with E-state index < -0.39 is 27.0 Å². The molecule has 1 amide bonds. The molecule has 5 nitrogen and oxygen atoms in total. The summed E-state index contributed by atoms with van der Waals surface area (Å²) in [6.45, 7) is 2.47.